The van der Waals surface area contributed by atoms with E-state index in [1.54, 1.807) is 24.3 Å². The van der Waals surface area contributed by atoms with E-state index in [2.05, 4.69) is 36.1 Å². The number of fused-ring (bicyclic) bond motifs is 1. The van der Waals surface area contributed by atoms with Gasteiger partial charge >= 0.3 is 0 Å². The molecule has 4 rings (SSSR count). The second kappa shape index (κ2) is 11.1. The summed E-state index contributed by atoms with van der Waals surface area (Å²) in [7, 11) is 0. The van der Waals surface area contributed by atoms with Gasteiger partial charge in [-0.15, -0.1) is 0 Å². The largest absolute Gasteiger partial charge is 0.490 e. The first-order chi connectivity index (χ1) is 16.9. The summed E-state index contributed by atoms with van der Waals surface area (Å²) in [6.45, 7) is 6.99. The molecule has 182 valence electrons. The number of amidine groups is 2. The SMILES string of the molecule is CCC1=NN2C(=N)/C(=C/c3cc(Cl)ccc3OCCOc3ccc([C@@H](C)CC)cc3)C(=O)N=C2S1. The molecule has 2 aromatic carbocycles. The van der Waals surface area contributed by atoms with Gasteiger partial charge in [0.05, 0.1) is 5.57 Å². The lowest BCUT2D eigenvalue weighted by Gasteiger charge is -2.20. The molecule has 35 heavy (non-hydrogen) atoms. The van der Waals surface area contributed by atoms with Crippen molar-refractivity contribution in [1.82, 2.24) is 5.01 Å². The summed E-state index contributed by atoms with van der Waals surface area (Å²) in [6, 6.07) is 13.3. The Labute approximate surface area is 214 Å². The molecule has 1 atom stereocenters. The van der Waals surface area contributed by atoms with Gasteiger partial charge in [0.1, 0.15) is 29.8 Å². The monoisotopic (exact) mass is 510 g/mol. The molecule has 9 heteroatoms. The van der Waals surface area contributed by atoms with Crippen LogP contribution in [-0.4, -0.2) is 40.2 Å². The lowest BCUT2D eigenvalue weighted by Crippen LogP contribution is -2.35. The number of carbonyl (C=O) groups is 1. The Bertz CT molecular complexity index is 1220. The summed E-state index contributed by atoms with van der Waals surface area (Å²) >= 11 is 7.52. The maximum absolute atomic E-state index is 12.7. The summed E-state index contributed by atoms with van der Waals surface area (Å²) in [5, 5.41) is 16.0. The lowest BCUT2D eigenvalue weighted by atomic mass is 9.99. The van der Waals surface area contributed by atoms with E-state index in [0.29, 0.717) is 47.1 Å². The quantitative estimate of drug-likeness (QED) is 0.314. The minimum absolute atomic E-state index is 0.0222. The van der Waals surface area contributed by atoms with Crippen LogP contribution in [0.1, 0.15) is 50.7 Å². The van der Waals surface area contributed by atoms with Gasteiger partial charge in [0.2, 0.25) is 5.17 Å². The van der Waals surface area contributed by atoms with Crippen LogP contribution in [0.25, 0.3) is 6.08 Å². The fourth-order valence-electron chi connectivity index (χ4n) is 3.53. The van der Waals surface area contributed by atoms with Crippen molar-refractivity contribution in [2.45, 2.75) is 39.5 Å². The molecular formula is C26H27ClN4O3S. The highest BCUT2D eigenvalue weighted by atomic mass is 35.5. The van der Waals surface area contributed by atoms with E-state index >= 15 is 0 Å². The van der Waals surface area contributed by atoms with E-state index in [-0.39, 0.29) is 11.4 Å². The zero-order valence-electron chi connectivity index (χ0n) is 19.9. The Morgan fingerprint density at radius 2 is 1.89 bits per heavy atom. The molecule has 0 saturated carbocycles. The molecule has 0 saturated heterocycles. The van der Waals surface area contributed by atoms with Gasteiger partial charge in [-0.25, -0.2) is 0 Å². The highest BCUT2D eigenvalue weighted by Crippen LogP contribution is 2.31. The van der Waals surface area contributed by atoms with Crippen LogP contribution in [-0.2, 0) is 4.79 Å². The smallest absolute Gasteiger partial charge is 0.283 e. The van der Waals surface area contributed by atoms with Gasteiger partial charge in [-0.3, -0.25) is 10.2 Å². The molecule has 0 bridgehead atoms. The van der Waals surface area contributed by atoms with Gasteiger partial charge in [-0.2, -0.15) is 15.1 Å². The van der Waals surface area contributed by atoms with E-state index in [0.717, 1.165) is 17.2 Å². The van der Waals surface area contributed by atoms with Crippen LogP contribution < -0.4 is 9.47 Å². The standard InChI is InChI=1S/C26H27ClN4O3S/c1-4-16(3)17-6-9-20(10-7-17)33-12-13-34-22-11-8-19(27)14-18(22)15-21-24(28)31-26(29-25(21)32)35-23(5-2)30-31/h6-11,14-16,28H,4-5,12-13H2,1-3H3/b21-15-,28-24?/t16-/m0/s1. The molecule has 7 nitrogen and oxygen atoms in total. The van der Waals surface area contributed by atoms with E-state index in [9.17, 15) is 4.79 Å². The third kappa shape index (κ3) is 5.77. The normalized spacial score (nSPS) is 17.3. The Hall–Kier alpha value is -3.10. The summed E-state index contributed by atoms with van der Waals surface area (Å²) < 4.78 is 11.8. The number of carbonyl (C=O) groups excluding carboxylic acids is 1. The highest BCUT2D eigenvalue weighted by Gasteiger charge is 2.35. The molecule has 1 amide bonds. The predicted molar refractivity (Wildman–Crippen MR) is 143 cm³/mol. The topological polar surface area (TPSA) is 87.3 Å². The first-order valence-electron chi connectivity index (χ1n) is 11.5. The van der Waals surface area contributed by atoms with Crippen LogP contribution in [0, 0.1) is 5.41 Å². The van der Waals surface area contributed by atoms with Crippen LogP contribution in [0.4, 0.5) is 0 Å². The molecule has 0 radical (unpaired) electrons. The zero-order valence-corrected chi connectivity index (χ0v) is 21.4. The Balaban J connectivity index is 1.44. The lowest BCUT2D eigenvalue weighted by molar-refractivity contribution is -0.114. The summed E-state index contributed by atoms with van der Waals surface area (Å²) in [6.07, 6.45) is 3.37. The van der Waals surface area contributed by atoms with Gasteiger partial charge in [0.25, 0.3) is 5.91 Å². The number of thioether (sulfide) groups is 1. The van der Waals surface area contributed by atoms with Crippen molar-refractivity contribution >= 4 is 51.4 Å². The number of nitrogens with one attached hydrogen (secondary N) is 1. The second-order valence-electron chi connectivity index (χ2n) is 8.12. The van der Waals surface area contributed by atoms with Crippen LogP contribution in [0.15, 0.2) is 58.1 Å². The molecule has 0 aliphatic carbocycles. The van der Waals surface area contributed by atoms with Crippen molar-refractivity contribution in [3.05, 3.63) is 64.2 Å². The molecule has 0 fully saturated rings. The minimum atomic E-state index is -0.489. The van der Waals surface area contributed by atoms with Gasteiger partial charge in [0.15, 0.2) is 5.84 Å². The van der Waals surface area contributed by atoms with Crippen molar-refractivity contribution in [1.29, 1.82) is 5.41 Å². The van der Waals surface area contributed by atoms with Crippen LogP contribution >= 0.6 is 23.4 Å². The highest BCUT2D eigenvalue weighted by molar-refractivity contribution is 8.26. The van der Waals surface area contributed by atoms with E-state index < -0.39 is 5.91 Å². The third-order valence-electron chi connectivity index (χ3n) is 5.74. The molecule has 0 spiro atoms. The van der Waals surface area contributed by atoms with Gasteiger partial charge < -0.3 is 9.47 Å². The van der Waals surface area contributed by atoms with E-state index in [1.165, 1.54) is 22.3 Å². The van der Waals surface area contributed by atoms with Gasteiger partial charge in [-0.05, 0) is 72.5 Å². The van der Waals surface area contributed by atoms with Crippen LogP contribution in [0.3, 0.4) is 0 Å². The summed E-state index contributed by atoms with van der Waals surface area (Å²) in [5.41, 5.74) is 1.99. The van der Waals surface area contributed by atoms with Crippen molar-refractivity contribution in [3.63, 3.8) is 0 Å². The zero-order chi connectivity index (χ0) is 24.9. The van der Waals surface area contributed by atoms with Gasteiger partial charge in [0, 0.05) is 10.6 Å². The Kier molecular flexibility index (Phi) is 7.93. The van der Waals surface area contributed by atoms with Crippen molar-refractivity contribution in [2.24, 2.45) is 10.1 Å². The Morgan fingerprint density at radius 3 is 2.60 bits per heavy atom. The maximum atomic E-state index is 12.7. The van der Waals surface area contributed by atoms with Crippen LogP contribution in [0.2, 0.25) is 5.02 Å². The Morgan fingerprint density at radius 1 is 1.14 bits per heavy atom. The van der Waals surface area contributed by atoms with E-state index in [4.69, 9.17) is 26.5 Å². The van der Waals surface area contributed by atoms with Gasteiger partial charge in [-0.1, -0.05) is 44.5 Å². The van der Waals surface area contributed by atoms with Crippen molar-refractivity contribution < 1.29 is 14.3 Å². The van der Waals surface area contributed by atoms with Crippen molar-refractivity contribution in [2.75, 3.05) is 13.2 Å². The maximum Gasteiger partial charge on any atom is 0.283 e. The third-order valence-corrected chi connectivity index (χ3v) is 7.03. The molecule has 2 aromatic rings. The number of halogens is 1. The molecule has 1 N–H and O–H groups in total. The number of amides is 1. The fraction of sp³-hybridized carbons (Fsp3) is 0.308. The number of nitrogens with zero attached hydrogens (tertiary/aromatic N) is 3. The number of rotatable bonds is 9. The number of benzene rings is 2. The van der Waals surface area contributed by atoms with E-state index in [1.807, 2.05) is 19.1 Å². The molecule has 2 heterocycles. The summed E-state index contributed by atoms with van der Waals surface area (Å²) in [4.78, 5) is 16.8. The molecule has 2 aliphatic heterocycles. The average Bonchev–Trinajstić information content (AvgIpc) is 3.28. The molecule has 0 aromatic heterocycles. The number of hydrogen-bond acceptors (Lipinski definition) is 6. The fourth-order valence-corrected chi connectivity index (χ4v) is 4.54. The second-order valence-corrected chi connectivity index (χ2v) is 9.60. The first kappa shape index (κ1) is 25.0. The van der Waals surface area contributed by atoms with Crippen molar-refractivity contribution in [3.8, 4) is 11.5 Å². The van der Waals surface area contributed by atoms with Crippen LogP contribution in [0.5, 0.6) is 11.5 Å². The number of hydrogen-bond donors (Lipinski definition) is 1. The number of hydrazone groups is 1. The predicted octanol–water partition coefficient (Wildman–Crippen LogP) is 6.34. The molecule has 2 aliphatic rings. The molecule has 0 unspecified atom stereocenters. The molecular weight excluding hydrogens is 484 g/mol. The number of aliphatic imine (C=N–C) groups is 1. The first-order valence-corrected chi connectivity index (χ1v) is 12.7. The minimum Gasteiger partial charge on any atom is -0.490 e. The average molecular weight is 511 g/mol. The number of ether oxygens (including phenoxy) is 2. The summed E-state index contributed by atoms with van der Waals surface area (Å²) in [5.74, 6) is 1.32.